The molecule has 2 heterocycles. The van der Waals surface area contributed by atoms with Crippen molar-refractivity contribution in [1.82, 2.24) is 14.3 Å². The predicted octanol–water partition coefficient (Wildman–Crippen LogP) is 4.68. The Kier molecular flexibility index (Phi) is 6.83. The summed E-state index contributed by atoms with van der Waals surface area (Å²) in [5.74, 6) is 0.255. The van der Waals surface area contributed by atoms with Crippen LogP contribution in [0.15, 0.2) is 53.4 Å². The molecule has 0 unspecified atom stereocenters. The molecular formula is C24H24F4N4O2S. The Labute approximate surface area is 201 Å². The molecule has 4 rings (SSSR count). The second-order valence-corrected chi connectivity index (χ2v) is 10.1. The van der Waals surface area contributed by atoms with Crippen molar-refractivity contribution < 1.29 is 26.0 Å². The molecular weight excluding hydrogens is 484 g/mol. The zero-order valence-electron chi connectivity index (χ0n) is 19.2. The molecule has 0 bridgehead atoms. The molecule has 0 saturated carbocycles. The summed E-state index contributed by atoms with van der Waals surface area (Å²) in [5.41, 5.74) is 0.989. The molecule has 0 spiro atoms. The van der Waals surface area contributed by atoms with Gasteiger partial charge in [-0.1, -0.05) is 19.1 Å². The highest BCUT2D eigenvalue weighted by atomic mass is 32.2. The minimum atomic E-state index is -4.48. The first kappa shape index (κ1) is 25.1. The van der Waals surface area contributed by atoms with Crippen molar-refractivity contribution in [2.24, 2.45) is 0 Å². The van der Waals surface area contributed by atoms with E-state index >= 15 is 0 Å². The zero-order chi connectivity index (χ0) is 25.4. The van der Waals surface area contributed by atoms with Gasteiger partial charge in [0.2, 0.25) is 10.0 Å². The lowest BCUT2D eigenvalue weighted by Gasteiger charge is -2.35. The van der Waals surface area contributed by atoms with Gasteiger partial charge in [-0.15, -0.1) is 0 Å². The van der Waals surface area contributed by atoms with Crippen molar-refractivity contribution in [2.75, 3.05) is 31.1 Å². The van der Waals surface area contributed by atoms with Crippen molar-refractivity contribution in [3.05, 3.63) is 71.2 Å². The Bertz CT molecular complexity index is 1320. The number of hydrogen-bond acceptors (Lipinski definition) is 5. The fraction of sp³-hybridized carbons (Fsp3) is 0.333. The third-order valence-corrected chi connectivity index (χ3v) is 7.90. The van der Waals surface area contributed by atoms with Crippen LogP contribution in [0.1, 0.15) is 23.7 Å². The van der Waals surface area contributed by atoms with E-state index in [2.05, 4.69) is 9.97 Å². The third-order valence-electron chi connectivity index (χ3n) is 5.98. The topological polar surface area (TPSA) is 66.4 Å². The summed E-state index contributed by atoms with van der Waals surface area (Å²) in [6.07, 6.45) is -3.87. The van der Waals surface area contributed by atoms with Gasteiger partial charge in [0, 0.05) is 43.0 Å². The van der Waals surface area contributed by atoms with Gasteiger partial charge in [0.15, 0.2) is 5.82 Å². The quantitative estimate of drug-likeness (QED) is 0.468. The van der Waals surface area contributed by atoms with Crippen molar-refractivity contribution >= 4 is 15.8 Å². The highest BCUT2D eigenvalue weighted by Gasteiger charge is 2.32. The number of anilines is 1. The maximum Gasteiger partial charge on any atom is 0.416 e. The first-order valence-electron chi connectivity index (χ1n) is 11.1. The van der Waals surface area contributed by atoms with E-state index in [1.54, 1.807) is 6.92 Å². The number of nitrogens with zero attached hydrogens (tertiary/aromatic N) is 4. The number of sulfonamides is 1. The van der Waals surface area contributed by atoms with E-state index < -0.39 is 27.6 Å². The minimum Gasteiger partial charge on any atom is -0.354 e. The van der Waals surface area contributed by atoms with Gasteiger partial charge < -0.3 is 4.90 Å². The SMILES string of the molecule is CCc1c(C)nc(-c2cccc(C(F)(F)F)c2)nc1N1CCN(S(=O)(=O)c2ccc(F)cc2)CC1. The van der Waals surface area contributed by atoms with Crippen LogP contribution >= 0.6 is 0 Å². The summed E-state index contributed by atoms with van der Waals surface area (Å²) in [4.78, 5) is 11.0. The van der Waals surface area contributed by atoms with Crippen molar-refractivity contribution in [2.45, 2.75) is 31.3 Å². The Morgan fingerprint density at radius 3 is 2.23 bits per heavy atom. The van der Waals surface area contributed by atoms with E-state index in [1.807, 2.05) is 11.8 Å². The van der Waals surface area contributed by atoms with Gasteiger partial charge in [-0.3, -0.25) is 0 Å². The zero-order valence-corrected chi connectivity index (χ0v) is 20.0. The van der Waals surface area contributed by atoms with E-state index in [0.717, 1.165) is 29.8 Å². The van der Waals surface area contributed by atoms with Gasteiger partial charge in [0.05, 0.1) is 10.5 Å². The number of rotatable bonds is 5. The fourth-order valence-corrected chi connectivity index (χ4v) is 5.54. The van der Waals surface area contributed by atoms with Crippen LogP contribution in [0.25, 0.3) is 11.4 Å². The van der Waals surface area contributed by atoms with Gasteiger partial charge in [0.1, 0.15) is 11.6 Å². The predicted molar refractivity (Wildman–Crippen MR) is 124 cm³/mol. The number of halogens is 4. The molecule has 0 N–H and O–H groups in total. The largest absolute Gasteiger partial charge is 0.416 e. The summed E-state index contributed by atoms with van der Waals surface area (Å²) < 4.78 is 80.0. The van der Waals surface area contributed by atoms with Gasteiger partial charge in [-0.25, -0.2) is 22.8 Å². The molecule has 186 valence electrons. The molecule has 1 aliphatic heterocycles. The number of piperazine rings is 1. The Balaban J connectivity index is 1.61. The highest BCUT2D eigenvalue weighted by Crippen LogP contribution is 2.33. The molecule has 0 amide bonds. The van der Waals surface area contributed by atoms with Crippen LogP contribution in [-0.4, -0.2) is 48.9 Å². The van der Waals surface area contributed by atoms with Crippen molar-refractivity contribution in [3.8, 4) is 11.4 Å². The van der Waals surface area contributed by atoms with E-state index in [-0.39, 0.29) is 29.4 Å². The average Bonchev–Trinajstić information content (AvgIpc) is 2.83. The van der Waals surface area contributed by atoms with Crippen LogP contribution in [0.3, 0.4) is 0 Å². The van der Waals surface area contributed by atoms with Crippen LogP contribution in [-0.2, 0) is 22.6 Å². The fourth-order valence-electron chi connectivity index (χ4n) is 4.12. The lowest BCUT2D eigenvalue weighted by Crippen LogP contribution is -2.49. The second kappa shape index (κ2) is 9.54. The summed E-state index contributed by atoms with van der Waals surface area (Å²) in [7, 11) is -3.78. The van der Waals surface area contributed by atoms with Gasteiger partial charge in [0.25, 0.3) is 0 Å². The molecule has 0 radical (unpaired) electrons. The maximum atomic E-state index is 13.2. The van der Waals surface area contributed by atoms with E-state index in [1.165, 1.54) is 28.6 Å². The van der Waals surface area contributed by atoms with Gasteiger partial charge in [-0.2, -0.15) is 17.5 Å². The number of aryl methyl sites for hydroxylation is 1. The molecule has 1 aromatic heterocycles. The summed E-state index contributed by atoms with van der Waals surface area (Å²) in [5, 5.41) is 0. The molecule has 6 nitrogen and oxygen atoms in total. The number of hydrogen-bond donors (Lipinski definition) is 0. The third kappa shape index (κ3) is 5.15. The number of alkyl halides is 3. The number of benzene rings is 2. The first-order valence-corrected chi connectivity index (χ1v) is 12.5. The Morgan fingerprint density at radius 1 is 0.971 bits per heavy atom. The maximum absolute atomic E-state index is 13.2. The average molecular weight is 509 g/mol. The minimum absolute atomic E-state index is 0.0197. The Hall–Kier alpha value is -3.05. The van der Waals surface area contributed by atoms with E-state index in [0.29, 0.717) is 31.0 Å². The smallest absolute Gasteiger partial charge is 0.354 e. The Morgan fingerprint density at radius 2 is 1.63 bits per heavy atom. The summed E-state index contributed by atoms with van der Waals surface area (Å²) in [6.45, 7) is 4.78. The summed E-state index contributed by atoms with van der Waals surface area (Å²) >= 11 is 0. The first-order chi connectivity index (χ1) is 16.5. The lowest BCUT2D eigenvalue weighted by molar-refractivity contribution is -0.137. The lowest BCUT2D eigenvalue weighted by atomic mass is 10.1. The van der Waals surface area contributed by atoms with Crippen molar-refractivity contribution in [1.29, 1.82) is 0 Å². The van der Waals surface area contributed by atoms with E-state index in [4.69, 9.17) is 0 Å². The highest BCUT2D eigenvalue weighted by molar-refractivity contribution is 7.89. The normalized spacial score (nSPS) is 15.4. The van der Waals surface area contributed by atoms with Crippen LogP contribution in [0.4, 0.5) is 23.4 Å². The molecule has 2 aromatic carbocycles. The molecule has 3 aromatic rings. The van der Waals surface area contributed by atoms with Gasteiger partial charge in [-0.05, 0) is 49.7 Å². The van der Waals surface area contributed by atoms with Crippen LogP contribution in [0, 0.1) is 12.7 Å². The van der Waals surface area contributed by atoms with Crippen LogP contribution in [0.5, 0.6) is 0 Å². The molecule has 1 aliphatic rings. The molecule has 0 atom stereocenters. The monoisotopic (exact) mass is 508 g/mol. The van der Waals surface area contributed by atoms with Gasteiger partial charge >= 0.3 is 6.18 Å². The van der Waals surface area contributed by atoms with Crippen LogP contribution < -0.4 is 4.90 Å². The number of aromatic nitrogens is 2. The van der Waals surface area contributed by atoms with Crippen molar-refractivity contribution in [3.63, 3.8) is 0 Å². The molecule has 0 aliphatic carbocycles. The molecule has 1 fully saturated rings. The molecule has 11 heteroatoms. The molecule has 1 saturated heterocycles. The second-order valence-electron chi connectivity index (χ2n) is 8.21. The van der Waals surface area contributed by atoms with Crippen LogP contribution in [0.2, 0.25) is 0 Å². The summed E-state index contributed by atoms with van der Waals surface area (Å²) in [6, 6.07) is 9.57. The standard InChI is InChI=1S/C24H24F4N4O2S/c1-3-21-16(2)29-22(17-5-4-6-18(15-17)24(26,27)28)30-23(21)31-11-13-32(14-12-31)35(33,34)20-9-7-19(25)8-10-20/h4-10,15H,3,11-14H2,1-2H3. The van der Waals surface area contributed by atoms with E-state index in [9.17, 15) is 26.0 Å². The molecule has 35 heavy (non-hydrogen) atoms.